The van der Waals surface area contributed by atoms with Crippen LogP contribution in [0.4, 0.5) is 0 Å². The quantitative estimate of drug-likeness (QED) is 0.816. The molecule has 80 valence electrons. The first-order valence-corrected chi connectivity index (χ1v) is 6.20. The van der Waals surface area contributed by atoms with Gasteiger partial charge in [-0.15, -0.1) is 0 Å². The van der Waals surface area contributed by atoms with Crippen LogP contribution < -0.4 is 0 Å². The smallest absolute Gasteiger partial charge is 0.0718 e. The molecule has 2 saturated heterocycles. The summed E-state index contributed by atoms with van der Waals surface area (Å²) in [6, 6.07) is 9.23. The van der Waals surface area contributed by atoms with Crippen LogP contribution in [0.1, 0.15) is 12.0 Å². The zero-order chi connectivity index (χ0) is 10.3. The van der Waals surface area contributed by atoms with Crippen molar-refractivity contribution in [3.05, 3.63) is 34.3 Å². The highest BCUT2D eigenvalue weighted by Crippen LogP contribution is 2.29. The second kappa shape index (κ2) is 3.89. The lowest BCUT2D eigenvalue weighted by Gasteiger charge is -2.26. The van der Waals surface area contributed by atoms with Crippen LogP contribution in [-0.4, -0.2) is 30.2 Å². The Hall–Kier alpha value is -0.380. The summed E-state index contributed by atoms with van der Waals surface area (Å²) in [4.78, 5) is 2.54. The molecular weight excluding hydrogens is 254 g/mol. The van der Waals surface area contributed by atoms with Crippen molar-refractivity contribution in [2.75, 3.05) is 13.2 Å². The third-order valence-corrected chi connectivity index (χ3v) is 3.78. The van der Waals surface area contributed by atoms with E-state index in [2.05, 4.69) is 45.1 Å². The molecule has 0 radical (unpaired) electrons. The molecule has 0 saturated carbocycles. The first kappa shape index (κ1) is 9.82. The molecule has 0 spiro atoms. The van der Waals surface area contributed by atoms with Crippen LogP contribution in [-0.2, 0) is 11.3 Å². The van der Waals surface area contributed by atoms with E-state index in [0.717, 1.165) is 19.7 Å². The van der Waals surface area contributed by atoms with Gasteiger partial charge < -0.3 is 4.74 Å². The van der Waals surface area contributed by atoms with Crippen LogP contribution in [0.15, 0.2) is 28.7 Å². The summed E-state index contributed by atoms with van der Waals surface area (Å²) in [5.41, 5.74) is 1.39. The fraction of sp³-hybridized carbons (Fsp3) is 0.500. The molecule has 0 amide bonds. The highest BCUT2D eigenvalue weighted by molar-refractivity contribution is 9.10. The van der Waals surface area contributed by atoms with Crippen LogP contribution in [0, 0.1) is 0 Å². The Labute approximate surface area is 98.4 Å². The first-order chi connectivity index (χ1) is 7.31. The standard InChI is InChI=1S/C12H14BrNO/c13-10-3-1-2-9(4-10)6-14-7-12-5-11(14)8-15-12/h1-4,11-12H,5-8H2. The number of hydrogen-bond donors (Lipinski definition) is 0. The van der Waals surface area contributed by atoms with E-state index in [4.69, 9.17) is 4.74 Å². The Morgan fingerprint density at radius 2 is 2.40 bits per heavy atom. The van der Waals surface area contributed by atoms with Gasteiger partial charge in [0.1, 0.15) is 0 Å². The molecule has 0 N–H and O–H groups in total. The maximum Gasteiger partial charge on any atom is 0.0718 e. The molecule has 1 aromatic carbocycles. The fourth-order valence-electron chi connectivity index (χ4n) is 2.54. The highest BCUT2D eigenvalue weighted by atomic mass is 79.9. The Morgan fingerprint density at radius 3 is 3.07 bits per heavy atom. The van der Waals surface area contributed by atoms with Crippen molar-refractivity contribution >= 4 is 15.9 Å². The molecule has 2 aliphatic rings. The lowest BCUT2D eigenvalue weighted by Crippen LogP contribution is -2.36. The third-order valence-electron chi connectivity index (χ3n) is 3.29. The topological polar surface area (TPSA) is 12.5 Å². The van der Waals surface area contributed by atoms with Gasteiger partial charge in [-0.05, 0) is 24.1 Å². The largest absolute Gasteiger partial charge is 0.375 e. The van der Waals surface area contributed by atoms with Gasteiger partial charge in [-0.2, -0.15) is 0 Å². The molecule has 2 nitrogen and oxygen atoms in total. The van der Waals surface area contributed by atoms with Gasteiger partial charge >= 0.3 is 0 Å². The van der Waals surface area contributed by atoms with E-state index >= 15 is 0 Å². The number of morpholine rings is 1. The minimum absolute atomic E-state index is 0.502. The minimum atomic E-state index is 0.502. The summed E-state index contributed by atoms with van der Waals surface area (Å²) >= 11 is 3.51. The van der Waals surface area contributed by atoms with Crippen molar-refractivity contribution in [1.82, 2.24) is 4.90 Å². The van der Waals surface area contributed by atoms with E-state index in [1.54, 1.807) is 0 Å². The highest BCUT2D eigenvalue weighted by Gasteiger charge is 2.38. The van der Waals surface area contributed by atoms with Gasteiger partial charge in [0.05, 0.1) is 12.7 Å². The zero-order valence-electron chi connectivity index (χ0n) is 8.53. The molecule has 3 heteroatoms. The zero-order valence-corrected chi connectivity index (χ0v) is 10.1. The number of fused-ring (bicyclic) bond motifs is 2. The van der Waals surface area contributed by atoms with Crippen molar-refractivity contribution in [3.63, 3.8) is 0 Å². The minimum Gasteiger partial charge on any atom is -0.375 e. The van der Waals surface area contributed by atoms with E-state index in [1.165, 1.54) is 16.5 Å². The Morgan fingerprint density at radius 1 is 1.47 bits per heavy atom. The van der Waals surface area contributed by atoms with E-state index in [-0.39, 0.29) is 0 Å². The molecule has 2 unspecified atom stereocenters. The van der Waals surface area contributed by atoms with E-state index in [0.29, 0.717) is 12.1 Å². The monoisotopic (exact) mass is 267 g/mol. The van der Waals surface area contributed by atoms with Crippen molar-refractivity contribution in [1.29, 1.82) is 0 Å². The van der Waals surface area contributed by atoms with Gasteiger partial charge in [0.25, 0.3) is 0 Å². The summed E-state index contributed by atoms with van der Waals surface area (Å²) in [7, 11) is 0. The molecule has 1 aromatic rings. The van der Waals surface area contributed by atoms with Crippen molar-refractivity contribution in [2.24, 2.45) is 0 Å². The van der Waals surface area contributed by atoms with E-state index in [1.807, 2.05) is 0 Å². The van der Waals surface area contributed by atoms with Crippen LogP contribution >= 0.6 is 15.9 Å². The Bertz CT molecular complexity index is 368. The SMILES string of the molecule is Brc1cccc(CN2CC3CC2CO3)c1. The van der Waals surface area contributed by atoms with Crippen molar-refractivity contribution in [2.45, 2.75) is 25.1 Å². The number of likely N-dealkylation sites (tertiary alicyclic amines) is 1. The molecule has 2 bridgehead atoms. The number of nitrogens with zero attached hydrogens (tertiary/aromatic N) is 1. The van der Waals surface area contributed by atoms with Crippen LogP contribution in [0.3, 0.4) is 0 Å². The Balaban J connectivity index is 1.71. The number of benzene rings is 1. The summed E-state index contributed by atoms with van der Waals surface area (Å²) in [5, 5.41) is 0. The van der Waals surface area contributed by atoms with Gasteiger partial charge in [-0.1, -0.05) is 28.1 Å². The predicted molar refractivity (Wildman–Crippen MR) is 62.7 cm³/mol. The van der Waals surface area contributed by atoms with Crippen LogP contribution in [0.25, 0.3) is 0 Å². The fourth-order valence-corrected chi connectivity index (χ4v) is 2.99. The average molecular weight is 268 g/mol. The lowest BCUT2D eigenvalue weighted by molar-refractivity contribution is 0.0273. The second-order valence-corrected chi connectivity index (χ2v) is 5.32. The summed E-state index contributed by atoms with van der Waals surface area (Å²) in [6.45, 7) is 3.10. The van der Waals surface area contributed by atoms with Gasteiger partial charge in [0, 0.05) is 23.6 Å². The van der Waals surface area contributed by atoms with E-state index < -0.39 is 0 Å². The van der Waals surface area contributed by atoms with Crippen molar-refractivity contribution < 1.29 is 4.74 Å². The first-order valence-electron chi connectivity index (χ1n) is 5.41. The van der Waals surface area contributed by atoms with E-state index in [9.17, 15) is 0 Å². The number of hydrogen-bond acceptors (Lipinski definition) is 2. The molecule has 15 heavy (non-hydrogen) atoms. The Kier molecular flexibility index (Phi) is 2.54. The summed E-state index contributed by atoms with van der Waals surface area (Å²) in [6.07, 6.45) is 1.73. The maximum absolute atomic E-state index is 5.59. The second-order valence-electron chi connectivity index (χ2n) is 4.40. The molecular formula is C12H14BrNO. The lowest BCUT2D eigenvalue weighted by atomic mass is 10.2. The molecule has 2 heterocycles. The van der Waals surface area contributed by atoms with Gasteiger partial charge in [0.15, 0.2) is 0 Å². The maximum atomic E-state index is 5.59. The molecule has 0 aliphatic carbocycles. The number of ether oxygens (including phenoxy) is 1. The molecule has 2 aliphatic heterocycles. The number of rotatable bonds is 2. The average Bonchev–Trinajstić information content (AvgIpc) is 2.79. The van der Waals surface area contributed by atoms with Crippen LogP contribution in [0.5, 0.6) is 0 Å². The summed E-state index contributed by atoms with van der Waals surface area (Å²) < 4.78 is 6.76. The molecule has 3 rings (SSSR count). The molecule has 2 fully saturated rings. The summed E-state index contributed by atoms with van der Waals surface area (Å²) in [5.74, 6) is 0. The van der Waals surface area contributed by atoms with Gasteiger partial charge in [-0.25, -0.2) is 0 Å². The van der Waals surface area contributed by atoms with Gasteiger partial charge in [-0.3, -0.25) is 4.90 Å². The van der Waals surface area contributed by atoms with Gasteiger partial charge in [0.2, 0.25) is 0 Å². The number of halogens is 1. The molecule has 0 aromatic heterocycles. The normalized spacial score (nSPS) is 29.9. The molecule has 2 atom stereocenters. The predicted octanol–water partition coefficient (Wildman–Crippen LogP) is 2.42. The third kappa shape index (κ3) is 1.96. The van der Waals surface area contributed by atoms with Crippen LogP contribution in [0.2, 0.25) is 0 Å². The van der Waals surface area contributed by atoms with Crippen molar-refractivity contribution in [3.8, 4) is 0 Å².